The molecule has 0 spiro atoms. The summed E-state index contributed by atoms with van der Waals surface area (Å²) in [5.41, 5.74) is 0. The van der Waals surface area contributed by atoms with Crippen LogP contribution in [0, 0.1) is 0 Å². The van der Waals surface area contributed by atoms with Crippen LogP contribution in [0.2, 0.25) is 0 Å². The van der Waals surface area contributed by atoms with E-state index in [0.29, 0.717) is 18.2 Å². The van der Waals surface area contributed by atoms with Crippen LogP contribution in [0.3, 0.4) is 0 Å². The predicted molar refractivity (Wildman–Crippen MR) is 70.6 cm³/mol. The second-order valence-corrected chi connectivity index (χ2v) is 5.63. The van der Waals surface area contributed by atoms with E-state index in [-0.39, 0.29) is 6.03 Å². The number of piperidine rings is 1. The third kappa shape index (κ3) is 3.14. The molecule has 0 aromatic rings. The minimum atomic E-state index is 0.136. The molecule has 0 aromatic heterocycles. The van der Waals surface area contributed by atoms with Crippen molar-refractivity contribution in [3.05, 3.63) is 0 Å². The normalized spacial score (nSPS) is 28.9. The van der Waals surface area contributed by atoms with Gasteiger partial charge in [0, 0.05) is 46.4 Å². The molecule has 2 aliphatic rings. The van der Waals surface area contributed by atoms with Crippen molar-refractivity contribution in [2.24, 2.45) is 0 Å². The Kier molecular flexibility index (Phi) is 4.45. The minimum Gasteiger partial charge on any atom is -0.381 e. The highest BCUT2D eigenvalue weighted by molar-refractivity contribution is 5.73. The van der Waals surface area contributed by atoms with Gasteiger partial charge in [0.05, 0.1) is 6.10 Å². The fourth-order valence-corrected chi connectivity index (χ4v) is 2.75. The SMILES string of the molecule is COC1CC(NC2CCN(C(=O)N(C)C)CC2)C1. The van der Waals surface area contributed by atoms with E-state index in [4.69, 9.17) is 4.74 Å². The second kappa shape index (κ2) is 5.89. The molecule has 0 aromatic carbocycles. The summed E-state index contributed by atoms with van der Waals surface area (Å²) in [6.45, 7) is 1.74. The largest absolute Gasteiger partial charge is 0.381 e. The molecule has 1 N–H and O–H groups in total. The van der Waals surface area contributed by atoms with E-state index in [1.165, 1.54) is 0 Å². The van der Waals surface area contributed by atoms with Crippen LogP contribution in [0.5, 0.6) is 0 Å². The van der Waals surface area contributed by atoms with Crippen molar-refractivity contribution in [3.8, 4) is 0 Å². The van der Waals surface area contributed by atoms with Gasteiger partial charge in [-0.05, 0) is 25.7 Å². The minimum absolute atomic E-state index is 0.136. The van der Waals surface area contributed by atoms with Crippen molar-refractivity contribution in [1.29, 1.82) is 0 Å². The van der Waals surface area contributed by atoms with Gasteiger partial charge in [-0.3, -0.25) is 0 Å². The van der Waals surface area contributed by atoms with Gasteiger partial charge in [-0.2, -0.15) is 0 Å². The molecule has 1 saturated carbocycles. The molecule has 1 saturated heterocycles. The lowest BCUT2D eigenvalue weighted by Gasteiger charge is -2.40. The van der Waals surface area contributed by atoms with Gasteiger partial charge in [-0.15, -0.1) is 0 Å². The zero-order valence-electron chi connectivity index (χ0n) is 11.7. The summed E-state index contributed by atoms with van der Waals surface area (Å²) >= 11 is 0. The van der Waals surface area contributed by atoms with Crippen LogP contribution >= 0.6 is 0 Å². The zero-order valence-corrected chi connectivity index (χ0v) is 11.7. The van der Waals surface area contributed by atoms with E-state index >= 15 is 0 Å². The van der Waals surface area contributed by atoms with Gasteiger partial charge in [-0.1, -0.05) is 0 Å². The van der Waals surface area contributed by atoms with E-state index in [1.807, 2.05) is 19.0 Å². The zero-order chi connectivity index (χ0) is 13.1. The molecule has 5 heteroatoms. The molecule has 1 heterocycles. The number of amides is 2. The van der Waals surface area contributed by atoms with Crippen molar-refractivity contribution in [2.75, 3.05) is 34.3 Å². The van der Waals surface area contributed by atoms with E-state index in [2.05, 4.69) is 5.32 Å². The number of hydrogen-bond acceptors (Lipinski definition) is 3. The fourth-order valence-electron chi connectivity index (χ4n) is 2.75. The van der Waals surface area contributed by atoms with Crippen molar-refractivity contribution < 1.29 is 9.53 Å². The number of ether oxygens (including phenoxy) is 1. The van der Waals surface area contributed by atoms with Crippen molar-refractivity contribution in [1.82, 2.24) is 15.1 Å². The van der Waals surface area contributed by atoms with Crippen LogP contribution in [0.1, 0.15) is 25.7 Å². The van der Waals surface area contributed by atoms with Gasteiger partial charge in [0.1, 0.15) is 0 Å². The highest BCUT2D eigenvalue weighted by Crippen LogP contribution is 2.24. The maximum atomic E-state index is 11.8. The topological polar surface area (TPSA) is 44.8 Å². The number of hydrogen-bond donors (Lipinski definition) is 1. The summed E-state index contributed by atoms with van der Waals surface area (Å²) < 4.78 is 5.28. The third-order valence-electron chi connectivity index (χ3n) is 4.05. The smallest absolute Gasteiger partial charge is 0.319 e. The van der Waals surface area contributed by atoms with Crippen LogP contribution < -0.4 is 5.32 Å². The first kappa shape index (κ1) is 13.6. The molecular formula is C13H25N3O2. The summed E-state index contributed by atoms with van der Waals surface area (Å²) in [5, 5.41) is 3.68. The van der Waals surface area contributed by atoms with Crippen molar-refractivity contribution >= 4 is 6.03 Å². The van der Waals surface area contributed by atoms with Crippen LogP contribution in [0.15, 0.2) is 0 Å². The maximum Gasteiger partial charge on any atom is 0.319 e. The quantitative estimate of drug-likeness (QED) is 0.815. The highest BCUT2D eigenvalue weighted by atomic mass is 16.5. The monoisotopic (exact) mass is 255 g/mol. The van der Waals surface area contributed by atoms with E-state index < -0.39 is 0 Å². The molecule has 0 radical (unpaired) electrons. The Labute approximate surface area is 109 Å². The molecular weight excluding hydrogens is 230 g/mol. The number of nitrogens with one attached hydrogen (secondary N) is 1. The number of methoxy groups -OCH3 is 1. The number of rotatable bonds is 3. The van der Waals surface area contributed by atoms with Gasteiger partial charge in [0.15, 0.2) is 0 Å². The number of carbonyl (C=O) groups excluding carboxylic acids is 1. The lowest BCUT2D eigenvalue weighted by molar-refractivity contribution is 0.0118. The Morgan fingerprint density at radius 3 is 2.33 bits per heavy atom. The molecule has 0 unspecified atom stereocenters. The molecule has 2 amide bonds. The maximum absolute atomic E-state index is 11.8. The standard InChI is InChI=1S/C13H25N3O2/c1-15(2)13(17)16-6-4-10(5-7-16)14-11-8-12(9-11)18-3/h10-12,14H,4-9H2,1-3H3. The second-order valence-electron chi connectivity index (χ2n) is 5.63. The molecule has 18 heavy (non-hydrogen) atoms. The van der Waals surface area contributed by atoms with Crippen LogP contribution in [-0.4, -0.2) is 68.3 Å². The molecule has 2 fully saturated rings. The van der Waals surface area contributed by atoms with Gasteiger partial charge < -0.3 is 19.9 Å². The van der Waals surface area contributed by atoms with Gasteiger partial charge in [0.25, 0.3) is 0 Å². The van der Waals surface area contributed by atoms with Crippen LogP contribution in [0.25, 0.3) is 0 Å². The lowest BCUT2D eigenvalue weighted by Crippen LogP contribution is -2.53. The summed E-state index contributed by atoms with van der Waals surface area (Å²) in [6.07, 6.45) is 4.85. The fraction of sp³-hybridized carbons (Fsp3) is 0.923. The first-order valence-corrected chi connectivity index (χ1v) is 6.85. The average molecular weight is 255 g/mol. The van der Waals surface area contributed by atoms with Crippen LogP contribution in [0.4, 0.5) is 4.79 Å². The molecule has 0 atom stereocenters. The summed E-state index contributed by atoms with van der Waals surface area (Å²) in [4.78, 5) is 15.4. The first-order valence-electron chi connectivity index (χ1n) is 6.85. The van der Waals surface area contributed by atoms with Gasteiger partial charge >= 0.3 is 6.03 Å². The molecule has 5 nitrogen and oxygen atoms in total. The first-order chi connectivity index (χ1) is 8.60. The Bertz CT molecular complexity index is 282. The van der Waals surface area contributed by atoms with E-state index in [9.17, 15) is 4.79 Å². The molecule has 104 valence electrons. The lowest BCUT2D eigenvalue weighted by atomic mass is 9.88. The average Bonchev–Trinajstić information content (AvgIpc) is 2.33. The highest BCUT2D eigenvalue weighted by Gasteiger charge is 2.32. The molecule has 0 bridgehead atoms. The molecule has 2 rings (SSSR count). The van der Waals surface area contributed by atoms with E-state index in [0.717, 1.165) is 38.8 Å². The Hall–Kier alpha value is -0.810. The number of nitrogens with zero attached hydrogens (tertiary/aromatic N) is 2. The van der Waals surface area contributed by atoms with Crippen molar-refractivity contribution in [3.63, 3.8) is 0 Å². The Balaban J connectivity index is 1.66. The summed E-state index contributed by atoms with van der Waals surface area (Å²) in [5.74, 6) is 0. The molecule has 1 aliphatic carbocycles. The van der Waals surface area contributed by atoms with Crippen LogP contribution in [-0.2, 0) is 4.74 Å². The van der Waals surface area contributed by atoms with Gasteiger partial charge in [-0.25, -0.2) is 4.79 Å². The summed E-state index contributed by atoms with van der Waals surface area (Å²) in [7, 11) is 5.41. The number of urea groups is 1. The predicted octanol–water partition coefficient (Wildman–Crippen LogP) is 0.899. The van der Waals surface area contributed by atoms with Crippen molar-refractivity contribution in [2.45, 2.75) is 43.9 Å². The van der Waals surface area contributed by atoms with E-state index in [1.54, 1.807) is 12.0 Å². The number of likely N-dealkylation sites (tertiary alicyclic amines) is 1. The number of carbonyl (C=O) groups is 1. The molecule has 1 aliphatic heterocycles. The Morgan fingerprint density at radius 1 is 1.22 bits per heavy atom. The summed E-state index contributed by atoms with van der Waals surface area (Å²) in [6, 6.07) is 1.33. The van der Waals surface area contributed by atoms with Gasteiger partial charge in [0.2, 0.25) is 0 Å². The third-order valence-corrected chi connectivity index (χ3v) is 4.05. The Morgan fingerprint density at radius 2 is 1.83 bits per heavy atom.